The van der Waals surface area contributed by atoms with Gasteiger partial charge in [0.05, 0.1) is 6.10 Å². The van der Waals surface area contributed by atoms with Gasteiger partial charge in [-0.3, -0.25) is 4.79 Å². The van der Waals surface area contributed by atoms with Gasteiger partial charge in [0.25, 0.3) is 0 Å². The van der Waals surface area contributed by atoms with Crippen LogP contribution in [0, 0.1) is 0 Å². The molecule has 14 heavy (non-hydrogen) atoms. The summed E-state index contributed by atoms with van der Waals surface area (Å²) in [5.74, 6) is -1.63. The zero-order chi connectivity index (χ0) is 10.7. The molecule has 0 aliphatic carbocycles. The highest BCUT2D eigenvalue weighted by Crippen LogP contribution is 2.18. The summed E-state index contributed by atoms with van der Waals surface area (Å²) in [5, 5.41) is 19.3. The number of thiol groups is 1. The zero-order valence-corrected chi connectivity index (χ0v) is 8.22. The van der Waals surface area contributed by atoms with Gasteiger partial charge < -0.3 is 15.1 Å². The Labute approximate surface area is 86.4 Å². The number of amides is 1. The molecule has 78 valence electrons. The lowest BCUT2D eigenvalue weighted by molar-refractivity contribution is -0.149. The van der Waals surface area contributed by atoms with Crippen LogP contribution in [0.5, 0.6) is 0 Å². The van der Waals surface area contributed by atoms with Crippen LogP contribution in [0.25, 0.3) is 0 Å². The van der Waals surface area contributed by atoms with Gasteiger partial charge in [0.1, 0.15) is 0 Å². The first kappa shape index (κ1) is 11.1. The van der Waals surface area contributed by atoms with Crippen LogP contribution in [0.1, 0.15) is 6.42 Å². The van der Waals surface area contributed by atoms with Gasteiger partial charge in [-0.25, -0.2) is 4.79 Å². The van der Waals surface area contributed by atoms with Crippen molar-refractivity contribution in [3.8, 4) is 0 Å². The molecule has 1 heterocycles. The minimum absolute atomic E-state index is 0.259. The van der Waals surface area contributed by atoms with Gasteiger partial charge in [-0.1, -0.05) is 0 Å². The summed E-state index contributed by atoms with van der Waals surface area (Å²) in [6.07, 6.45) is 0.477. The van der Waals surface area contributed by atoms with Gasteiger partial charge in [-0.05, 0) is 11.8 Å². The lowest BCUT2D eigenvalue weighted by atomic mass is 10.2. The molecule has 0 spiro atoms. The summed E-state index contributed by atoms with van der Waals surface area (Å²) in [6, 6.07) is -1.13. The highest BCUT2D eigenvalue weighted by molar-refractivity contribution is 7.83. The molecule has 1 fully saturated rings. The molecule has 1 aliphatic rings. The van der Waals surface area contributed by atoms with Crippen molar-refractivity contribution in [2.24, 2.45) is 0 Å². The first-order chi connectivity index (χ1) is 6.57. The number of carboxylic acids is 1. The second kappa shape index (κ2) is 4.47. The largest absolute Gasteiger partial charge is 0.480 e. The van der Waals surface area contributed by atoms with E-state index < -0.39 is 24.0 Å². The SMILES string of the molecule is O=C(O)C1C(O)CCN1C(=O)/C=C/S. The van der Waals surface area contributed by atoms with E-state index in [1.54, 1.807) is 0 Å². The van der Waals surface area contributed by atoms with Gasteiger partial charge >= 0.3 is 5.97 Å². The molecule has 6 heteroatoms. The van der Waals surface area contributed by atoms with Gasteiger partial charge in [0, 0.05) is 12.6 Å². The monoisotopic (exact) mass is 217 g/mol. The molecule has 2 atom stereocenters. The molecule has 0 bridgehead atoms. The highest BCUT2D eigenvalue weighted by Gasteiger charge is 2.40. The number of aliphatic hydroxyl groups is 1. The lowest BCUT2D eigenvalue weighted by Crippen LogP contribution is -2.44. The number of hydrogen-bond donors (Lipinski definition) is 3. The fourth-order valence-electron chi connectivity index (χ4n) is 1.48. The molecule has 5 nitrogen and oxygen atoms in total. The Balaban J connectivity index is 2.79. The smallest absolute Gasteiger partial charge is 0.329 e. The third kappa shape index (κ3) is 2.08. The summed E-state index contributed by atoms with van der Waals surface area (Å²) in [5.41, 5.74) is 0. The predicted octanol–water partition coefficient (Wildman–Crippen LogP) is -0.524. The quantitative estimate of drug-likeness (QED) is 0.429. The molecule has 0 radical (unpaired) electrons. The normalized spacial score (nSPS) is 27.1. The Morgan fingerprint density at radius 1 is 1.50 bits per heavy atom. The molecule has 1 amide bonds. The number of carboxylic acid groups (broad SMARTS) is 1. The molecule has 0 aromatic heterocycles. The number of carbonyl (C=O) groups is 2. The standard InChI is InChI=1S/C8H11NO4S/c10-5-1-3-9(6(11)2-4-14)7(5)8(12)13/h2,4-5,7,10,14H,1,3H2,(H,12,13)/b4-2+. The molecule has 0 saturated carbocycles. The second-order valence-electron chi connectivity index (χ2n) is 2.99. The Morgan fingerprint density at radius 3 is 2.64 bits per heavy atom. The fourth-order valence-corrected chi connectivity index (χ4v) is 1.61. The zero-order valence-electron chi connectivity index (χ0n) is 7.33. The van der Waals surface area contributed by atoms with E-state index in [4.69, 9.17) is 5.11 Å². The van der Waals surface area contributed by atoms with E-state index in [1.807, 2.05) is 0 Å². The molecular weight excluding hydrogens is 206 g/mol. The molecule has 2 unspecified atom stereocenters. The molecule has 0 aromatic carbocycles. The van der Waals surface area contributed by atoms with E-state index in [1.165, 1.54) is 5.41 Å². The van der Waals surface area contributed by atoms with E-state index in [2.05, 4.69) is 12.6 Å². The van der Waals surface area contributed by atoms with Crippen molar-refractivity contribution in [3.63, 3.8) is 0 Å². The number of nitrogens with zero attached hydrogens (tertiary/aromatic N) is 1. The van der Waals surface area contributed by atoms with Gasteiger partial charge in [-0.2, -0.15) is 12.6 Å². The van der Waals surface area contributed by atoms with Crippen LogP contribution >= 0.6 is 12.6 Å². The number of likely N-dealkylation sites (tertiary alicyclic amines) is 1. The van der Waals surface area contributed by atoms with E-state index >= 15 is 0 Å². The summed E-state index contributed by atoms with van der Waals surface area (Å²) < 4.78 is 0. The summed E-state index contributed by atoms with van der Waals surface area (Å²) in [4.78, 5) is 23.2. The summed E-state index contributed by atoms with van der Waals surface area (Å²) >= 11 is 3.72. The van der Waals surface area contributed by atoms with Gasteiger partial charge in [0.15, 0.2) is 6.04 Å². The molecule has 1 rings (SSSR count). The maximum atomic E-state index is 11.3. The maximum Gasteiger partial charge on any atom is 0.329 e. The van der Waals surface area contributed by atoms with Crippen molar-refractivity contribution in [3.05, 3.63) is 11.5 Å². The third-order valence-corrected chi connectivity index (χ3v) is 2.27. The first-order valence-electron chi connectivity index (χ1n) is 4.10. The molecule has 0 aromatic rings. The summed E-state index contributed by atoms with van der Waals surface area (Å²) in [6.45, 7) is 0.259. The molecule has 1 aliphatic heterocycles. The van der Waals surface area contributed by atoms with Crippen molar-refractivity contribution in [2.45, 2.75) is 18.6 Å². The second-order valence-corrected chi connectivity index (χ2v) is 3.28. The van der Waals surface area contributed by atoms with E-state index in [0.29, 0.717) is 6.42 Å². The minimum atomic E-state index is -1.18. The van der Waals surface area contributed by atoms with Crippen LogP contribution in [-0.2, 0) is 9.59 Å². The van der Waals surface area contributed by atoms with E-state index in [-0.39, 0.29) is 6.54 Å². The van der Waals surface area contributed by atoms with Crippen molar-refractivity contribution in [1.82, 2.24) is 4.90 Å². The molecular formula is C8H11NO4S. The first-order valence-corrected chi connectivity index (χ1v) is 4.61. The number of hydrogen-bond acceptors (Lipinski definition) is 4. The van der Waals surface area contributed by atoms with Crippen LogP contribution < -0.4 is 0 Å². The number of aliphatic hydroxyl groups excluding tert-OH is 1. The van der Waals surface area contributed by atoms with Crippen LogP contribution in [-0.4, -0.2) is 45.7 Å². The highest BCUT2D eigenvalue weighted by atomic mass is 32.1. The van der Waals surface area contributed by atoms with Crippen LogP contribution in [0.2, 0.25) is 0 Å². The van der Waals surface area contributed by atoms with E-state index in [9.17, 15) is 14.7 Å². The topological polar surface area (TPSA) is 77.8 Å². The lowest BCUT2D eigenvalue weighted by Gasteiger charge is -2.20. The Hall–Kier alpha value is -1.01. The number of rotatable bonds is 2. The predicted molar refractivity (Wildman–Crippen MR) is 51.9 cm³/mol. The van der Waals surface area contributed by atoms with Crippen LogP contribution in [0.15, 0.2) is 11.5 Å². The van der Waals surface area contributed by atoms with Crippen LogP contribution in [0.4, 0.5) is 0 Å². The molecule has 1 saturated heterocycles. The van der Waals surface area contributed by atoms with Crippen molar-refractivity contribution in [1.29, 1.82) is 0 Å². The number of aliphatic carboxylic acids is 1. The average Bonchev–Trinajstić information content (AvgIpc) is 2.47. The Kier molecular flexibility index (Phi) is 3.54. The van der Waals surface area contributed by atoms with Crippen molar-refractivity contribution < 1.29 is 19.8 Å². The van der Waals surface area contributed by atoms with Gasteiger partial charge in [-0.15, -0.1) is 0 Å². The van der Waals surface area contributed by atoms with Crippen molar-refractivity contribution in [2.75, 3.05) is 6.54 Å². The van der Waals surface area contributed by atoms with Crippen LogP contribution in [0.3, 0.4) is 0 Å². The maximum absolute atomic E-state index is 11.3. The fraction of sp³-hybridized carbons (Fsp3) is 0.500. The van der Waals surface area contributed by atoms with Gasteiger partial charge in [0.2, 0.25) is 5.91 Å². The number of carbonyl (C=O) groups excluding carboxylic acids is 1. The summed E-state index contributed by atoms with van der Waals surface area (Å²) in [7, 11) is 0. The third-order valence-electron chi connectivity index (χ3n) is 2.12. The van der Waals surface area contributed by atoms with E-state index in [0.717, 1.165) is 11.0 Å². The van der Waals surface area contributed by atoms with Crippen molar-refractivity contribution >= 4 is 24.5 Å². The molecule has 2 N–H and O–H groups in total. The Bertz CT molecular complexity index is 279. The average molecular weight is 217 g/mol. The minimum Gasteiger partial charge on any atom is -0.480 e. The Morgan fingerprint density at radius 2 is 2.14 bits per heavy atom.